The van der Waals surface area contributed by atoms with Crippen LogP contribution in [-0.4, -0.2) is 52.1 Å². The highest BCUT2D eigenvalue weighted by Gasteiger charge is 2.31. The number of alkyl halides is 1. The first-order chi connectivity index (χ1) is 18.3. The van der Waals surface area contributed by atoms with Crippen LogP contribution >= 0.6 is 0 Å². The van der Waals surface area contributed by atoms with Gasteiger partial charge in [0.25, 0.3) is 0 Å². The van der Waals surface area contributed by atoms with Crippen LogP contribution in [0, 0.1) is 5.41 Å². The number of rotatable bonds is 5. The zero-order chi connectivity index (χ0) is 26.4. The van der Waals surface area contributed by atoms with Crippen molar-refractivity contribution in [3.8, 4) is 16.9 Å². The molecule has 38 heavy (non-hydrogen) atoms. The largest absolute Gasteiger partial charge is 0.491 e. The second kappa shape index (κ2) is 9.66. The van der Waals surface area contributed by atoms with Crippen molar-refractivity contribution in [3.63, 3.8) is 0 Å². The van der Waals surface area contributed by atoms with Gasteiger partial charge in [-0.05, 0) is 74.2 Å². The van der Waals surface area contributed by atoms with Crippen molar-refractivity contribution >= 4 is 16.9 Å². The van der Waals surface area contributed by atoms with Crippen LogP contribution in [0.4, 0.5) is 10.2 Å². The van der Waals surface area contributed by atoms with E-state index in [2.05, 4.69) is 65.9 Å². The van der Waals surface area contributed by atoms with E-state index in [0.717, 1.165) is 77.5 Å². The highest BCUT2D eigenvalue weighted by atomic mass is 19.1. The maximum Gasteiger partial charge on any atom is 0.147 e. The normalized spacial score (nSPS) is 16.7. The van der Waals surface area contributed by atoms with Gasteiger partial charge in [-0.1, -0.05) is 26.0 Å². The van der Waals surface area contributed by atoms with Crippen LogP contribution in [0.25, 0.3) is 22.2 Å². The van der Waals surface area contributed by atoms with Crippen LogP contribution in [-0.2, 0) is 32.6 Å². The van der Waals surface area contributed by atoms with Crippen LogP contribution in [0.5, 0.6) is 5.75 Å². The van der Waals surface area contributed by atoms with E-state index in [1.54, 1.807) is 0 Å². The predicted molar refractivity (Wildman–Crippen MR) is 148 cm³/mol. The number of hydrogen-bond donors (Lipinski definition) is 1. The summed E-state index contributed by atoms with van der Waals surface area (Å²) >= 11 is 0. The van der Waals surface area contributed by atoms with E-state index in [1.807, 2.05) is 18.2 Å². The first kappa shape index (κ1) is 24.8. The number of aromatic amines is 1. The van der Waals surface area contributed by atoms with Crippen molar-refractivity contribution < 1.29 is 9.13 Å². The number of halogens is 1. The fourth-order valence-electron chi connectivity index (χ4n) is 5.65. The van der Waals surface area contributed by atoms with Crippen molar-refractivity contribution in [1.29, 1.82) is 0 Å². The molecule has 1 aliphatic carbocycles. The zero-order valence-corrected chi connectivity index (χ0v) is 22.6. The van der Waals surface area contributed by atoms with Gasteiger partial charge in [0, 0.05) is 23.4 Å². The third kappa shape index (κ3) is 4.85. The molecule has 1 N–H and O–H groups in total. The molecule has 0 saturated carbocycles. The van der Waals surface area contributed by atoms with Crippen LogP contribution < -0.4 is 9.64 Å². The number of ether oxygens (including phenoxy) is 1. The molecule has 1 aliphatic heterocycles. The molecular weight excluding hydrogens is 479 g/mol. The highest BCUT2D eigenvalue weighted by molar-refractivity contribution is 5.82. The number of hydrogen-bond acceptors (Lipinski definition) is 6. The second-order valence-electron chi connectivity index (χ2n) is 11.6. The Bertz CT molecular complexity index is 1490. The van der Waals surface area contributed by atoms with Gasteiger partial charge in [0.1, 0.15) is 36.5 Å². The Hall–Kier alpha value is -3.52. The Morgan fingerprint density at radius 1 is 1.08 bits per heavy atom. The molecule has 7 nitrogen and oxygen atoms in total. The third-order valence-corrected chi connectivity index (χ3v) is 7.60. The minimum atomic E-state index is -0.601. The monoisotopic (exact) mass is 514 g/mol. The van der Waals surface area contributed by atoms with Gasteiger partial charge in [-0.2, -0.15) is 0 Å². The third-order valence-electron chi connectivity index (χ3n) is 7.60. The molecule has 2 aromatic carbocycles. The molecule has 0 unspecified atom stereocenters. The van der Waals surface area contributed by atoms with E-state index in [9.17, 15) is 4.39 Å². The van der Waals surface area contributed by atoms with Gasteiger partial charge >= 0.3 is 0 Å². The molecule has 6 rings (SSSR count). The van der Waals surface area contributed by atoms with E-state index < -0.39 is 6.67 Å². The summed E-state index contributed by atoms with van der Waals surface area (Å²) in [6, 6.07) is 12.4. The molecule has 2 aliphatic rings. The molecule has 8 heteroatoms. The molecule has 198 valence electrons. The quantitative estimate of drug-likeness (QED) is 0.381. The fraction of sp³-hybridized carbons (Fsp3) is 0.433. The molecule has 0 bridgehead atoms. The number of nitrogens with zero attached hydrogens (tertiary/aromatic N) is 5. The molecule has 0 radical (unpaired) electrons. The van der Waals surface area contributed by atoms with Gasteiger partial charge < -0.3 is 19.5 Å². The number of benzene rings is 2. The Morgan fingerprint density at radius 2 is 1.89 bits per heavy atom. The predicted octanol–water partition coefficient (Wildman–Crippen LogP) is 5.46. The van der Waals surface area contributed by atoms with Crippen LogP contribution in [0.2, 0.25) is 0 Å². The summed E-state index contributed by atoms with van der Waals surface area (Å²) in [6.45, 7) is 6.88. The molecule has 3 heterocycles. The summed E-state index contributed by atoms with van der Waals surface area (Å²) in [7, 11) is 4.12. The average molecular weight is 515 g/mol. The van der Waals surface area contributed by atoms with Gasteiger partial charge in [-0.3, -0.25) is 0 Å². The smallest absolute Gasteiger partial charge is 0.147 e. The van der Waals surface area contributed by atoms with Crippen LogP contribution in [0.3, 0.4) is 0 Å². The summed E-state index contributed by atoms with van der Waals surface area (Å²) in [5, 5.41) is 0. The van der Waals surface area contributed by atoms with Crippen LogP contribution in [0.15, 0.2) is 36.4 Å². The Kier molecular flexibility index (Phi) is 6.30. The maximum absolute atomic E-state index is 13.1. The van der Waals surface area contributed by atoms with Crippen molar-refractivity contribution in [2.75, 3.05) is 32.1 Å². The zero-order valence-electron chi connectivity index (χ0n) is 22.6. The molecule has 0 spiro atoms. The van der Waals surface area contributed by atoms with E-state index in [-0.39, 0.29) is 5.41 Å². The molecule has 0 saturated heterocycles. The fourth-order valence-corrected chi connectivity index (χ4v) is 5.65. The number of nitrogens with one attached hydrogen (secondary N) is 1. The van der Waals surface area contributed by atoms with Crippen LogP contribution in [0.1, 0.15) is 48.7 Å². The van der Waals surface area contributed by atoms with E-state index in [4.69, 9.17) is 14.7 Å². The van der Waals surface area contributed by atoms with Gasteiger partial charge in [-0.25, -0.2) is 19.3 Å². The topological polar surface area (TPSA) is 70.2 Å². The number of anilines is 1. The maximum atomic E-state index is 13.1. The van der Waals surface area contributed by atoms with Crippen molar-refractivity contribution in [2.45, 2.75) is 52.9 Å². The minimum Gasteiger partial charge on any atom is -0.491 e. The Morgan fingerprint density at radius 3 is 2.71 bits per heavy atom. The number of aromatic nitrogens is 4. The molecule has 2 aromatic heterocycles. The number of aryl methyl sites for hydroxylation is 1. The summed E-state index contributed by atoms with van der Waals surface area (Å²) in [5.41, 5.74) is 7.61. The van der Waals surface area contributed by atoms with E-state index in [0.29, 0.717) is 19.0 Å². The number of fused-ring (bicyclic) bond motifs is 3. The Labute approximate surface area is 223 Å². The van der Waals surface area contributed by atoms with E-state index >= 15 is 0 Å². The average Bonchev–Trinajstić information content (AvgIpc) is 3.18. The first-order valence-electron chi connectivity index (χ1n) is 13.4. The summed E-state index contributed by atoms with van der Waals surface area (Å²) in [5.74, 6) is 3.20. The van der Waals surface area contributed by atoms with Gasteiger partial charge in [0.2, 0.25) is 0 Å². The molecule has 0 amide bonds. The second-order valence-corrected chi connectivity index (χ2v) is 11.6. The van der Waals surface area contributed by atoms with E-state index in [1.165, 1.54) is 11.3 Å². The lowest BCUT2D eigenvalue weighted by molar-refractivity contribution is 0.308. The van der Waals surface area contributed by atoms with Gasteiger partial charge in [-0.15, -0.1) is 0 Å². The first-order valence-corrected chi connectivity index (χ1v) is 13.4. The van der Waals surface area contributed by atoms with Crippen molar-refractivity contribution in [3.05, 3.63) is 64.9 Å². The molecule has 0 atom stereocenters. The number of imidazole rings is 1. The number of H-pyrrole nitrogens is 1. The lowest BCUT2D eigenvalue weighted by atomic mass is 9.76. The molecule has 4 aromatic rings. The molecular formula is C30H35FN6O. The minimum absolute atomic E-state index is 0.231. The lowest BCUT2D eigenvalue weighted by Gasteiger charge is -2.34. The standard InChI is InChI=1S/C30H35FN6O/c1-30(2)10-9-23-22(15-30)29(35-28(32-23)18-36(3)4)37-11-12-38-26-8-6-19(13-21(26)17-37)20-5-7-24-25(14-20)34-27(16-31)33-24/h5-8,13-14H,9-12,15-18H2,1-4H3,(H,33,34). The van der Waals surface area contributed by atoms with Gasteiger partial charge in [0.05, 0.1) is 24.1 Å². The Balaban J connectivity index is 1.37. The summed E-state index contributed by atoms with van der Waals surface area (Å²) in [4.78, 5) is 22.0. The summed E-state index contributed by atoms with van der Waals surface area (Å²) in [6.07, 6.45) is 3.11. The lowest BCUT2D eigenvalue weighted by Crippen LogP contribution is -2.32. The van der Waals surface area contributed by atoms with Crippen molar-refractivity contribution in [2.24, 2.45) is 5.41 Å². The highest BCUT2D eigenvalue weighted by Crippen LogP contribution is 2.39. The van der Waals surface area contributed by atoms with Crippen molar-refractivity contribution in [1.82, 2.24) is 24.8 Å². The summed E-state index contributed by atoms with van der Waals surface area (Å²) < 4.78 is 19.3. The molecule has 0 fully saturated rings. The SMILES string of the molecule is CN(C)Cc1nc2c(c(N3CCOc4ccc(-c5ccc6nc(CF)[nH]c6c5)cc4C3)n1)CC(C)(C)CC2. The van der Waals surface area contributed by atoms with Gasteiger partial charge in [0.15, 0.2) is 0 Å².